The lowest BCUT2D eigenvalue weighted by atomic mass is 9.87. The molecule has 11 heteroatoms. The average molecular weight is 656 g/mol. The maximum Gasteiger partial charge on any atom is 0.306 e. The Morgan fingerprint density at radius 2 is 1.57 bits per heavy atom. The third-order valence-corrected chi connectivity index (χ3v) is 9.96. The Morgan fingerprint density at radius 1 is 0.891 bits per heavy atom. The second kappa shape index (κ2) is 19.2. The summed E-state index contributed by atoms with van der Waals surface area (Å²) in [5.41, 5.74) is 1.13. The molecule has 2 aromatic rings. The average Bonchev–Trinajstić information content (AvgIpc) is 3.05. The van der Waals surface area contributed by atoms with Crippen molar-refractivity contribution in [3.05, 3.63) is 59.4 Å². The van der Waals surface area contributed by atoms with E-state index >= 15 is 0 Å². The lowest BCUT2D eigenvalue weighted by Gasteiger charge is -2.21. The number of aromatic nitrogens is 1. The zero-order valence-corrected chi connectivity index (χ0v) is 28.1. The van der Waals surface area contributed by atoms with Crippen LogP contribution in [0.2, 0.25) is 0 Å². The van der Waals surface area contributed by atoms with Crippen LogP contribution in [0, 0.1) is 5.92 Å². The van der Waals surface area contributed by atoms with Crippen molar-refractivity contribution in [2.75, 3.05) is 6.54 Å². The number of nitrogens with one attached hydrogen (secondary N) is 1. The van der Waals surface area contributed by atoms with Crippen molar-refractivity contribution in [3.8, 4) is 0 Å². The number of unbranched alkanes of at least 4 members (excludes halogenated alkanes) is 4. The minimum atomic E-state index is -4.53. The molecule has 1 N–H and O–H groups in total. The molecule has 10 nitrogen and oxygen atoms in total. The highest BCUT2D eigenvalue weighted by molar-refractivity contribution is 7.90. The van der Waals surface area contributed by atoms with Crippen LogP contribution in [-0.4, -0.2) is 47.9 Å². The first-order chi connectivity index (χ1) is 22.1. The molecule has 1 aromatic heterocycles. The first-order valence-corrected chi connectivity index (χ1v) is 18.2. The Labute approximate surface area is 273 Å². The highest BCUT2D eigenvalue weighted by Crippen LogP contribution is 2.26. The molecule has 0 radical (unpaired) electrons. The van der Waals surface area contributed by atoms with E-state index in [0.717, 1.165) is 44.1 Å². The molecular weight excluding hydrogens is 606 g/mol. The van der Waals surface area contributed by atoms with Gasteiger partial charge in [-0.15, -0.1) is 0 Å². The van der Waals surface area contributed by atoms with Gasteiger partial charge < -0.3 is 10.1 Å². The van der Waals surface area contributed by atoms with Gasteiger partial charge in [0.15, 0.2) is 0 Å². The summed E-state index contributed by atoms with van der Waals surface area (Å²) in [6.45, 7) is 4.36. The van der Waals surface area contributed by atoms with Gasteiger partial charge in [-0.25, -0.2) is 8.42 Å². The Balaban J connectivity index is 1.66. The molecule has 252 valence electrons. The maximum absolute atomic E-state index is 13.7. The van der Waals surface area contributed by atoms with E-state index in [1.165, 1.54) is 49.7 Å². The van der Waals surface area contributed by atoms with E-state index in [-0.39, 0.29) is 35.4 Å². The van der Waals surface area contributed by atoms with Crippen LogP contribution in [0.5, 0.6) is 0 Å². The van der Waals surface area contributed by atoms with Crippen molar-refractivity contribution < 1.29 is 32.3 Å². The number of hydrogen-bond donors (Lipinski definition) is 1. The summed E-state index contributed by atoms with van der Waals surface area (Å²) in [6, 6.07) is 8.87. The summed E-state index contributed by atoms with van der Waals surface area (Å²) < 4.78 is 33.0. The minimum Gasteiger partial charge on any atom is -0.459 e. The number of carbonyl (C=O) groups excluding carboxylic acids is 4. The van der Waals surface area contributed by atoms with Crippen LogP contribution in [0.1, 0.15) is 125 Å². The van der Waals surface area contributed by atoms with Gasteiger partial charge >= 0.3 is 5.97 Å². The second-order valence-corrected chi connectivity index (χ2v) is 13.8. The molecule has 1 aliphatic carbocycles. The van der Waals surface area contributed by atoms with Crippen molar-refractivity contribution in [3.63, 3.8) is 0 Å². The van der Waals surface area contributed by atoms with Crippen molar-refractivity contribution in [1.82, 2.24) is 14.6 Å². The number of benzene rings is 1. The molecule has 1 saturated carbocycles. The number of pyridine rings is 1. The predicted octanol–water partition coefficient (Wildman–Crippen LogP) is 6.27. The summed E-state index contributed by atoms with van der Waals surface area (Å²) in [4.78, 5) is 55.0. The summed E-state index contributed by atoms with van der Waals surface area (Å²) in [6.07, 6.45) is 12.9. The third-order valence-electron chi connectivity index (χ3n) is 8.24. The van der Waals surface area contributed by atoms with Gasteiger partial charge in [0.2, 0.25) is 11.8 Å². The highest BCUT2D eigenvalue weighted by Gasteiger charge is 2.35. The Bertz CT molecular complexity index is 1390. The van der Waals surface area contributed by atoms with Crippen molar-refractivity contribution in [1.29, 1.82) is 0 Å². The largest absolute Gasteiger partial charge is 0.459 e. The van der Waals surface area contributed by atoms with Gasteiger partial charge in [-0.1, -0.05) is 70.9 Å². The van der Waals surface area contributed by atoms with Gasteiger partial charge in [0.05, 0.1) is 16.2 Å². The van der Waals surface area contributed by atoms with Crippen LogP contribution in [-0.2, 0) is 42.2 Å². The van der Waals surface area contributed by atoms with Crippen LogP contribution in [0.4, 0.5) is 0 Å². The zero-order chi connectivity index (χ0) is 33.4. The van der Waals surface area contributed by atoms with Gasteiger partial charge in [0, 0.05) is 32.0 Å². The molecule has 0 bridgehead atoms. The van der Waals surface area contributed by atoms with E-state index < -0.39 is 21.8 Å². The smallest absolute Gasteiger partial charge is 0.306 e. The van der Waals surface area contributed by atoms with E-state index in [1.54, 1.807) is 12.1 Å². The Morgan fingerprint density at radius 3 is 2.20 bits per heavy atom. The minimum absolute atomic E-state index is 0.0350. The summed E-state index contributed by atoms with van der Waals surface area (Å²) in [5, 5.41) is 2.96. The van der Waals surface area contributed by atoms with Crippen LogP contribution in [0.25, 0.3) is 0 Å². The molecule has 1 aliphatic rings. The molecule has 1 heterocycles. The number of hydrogen-bond acceptors (Lipinski definition) is 8. The topological polar surface area (TPSA) is 140 Å². The first-order valence-electron chi connectivity index (χ1n) is 16.7. The van der Waals surface area contributed by atoms with Crippen molar-refractivity contribution >= 4 is 33.7 Å². The Kier molecular flexibility index (Phi) is 15.3. The van der Waals surface area contributed by atoms with Crippen LogP contribution in [0.15, 0.2) is 47.5 Å². The van der Waals surface area contributed by atoms with Gasteiger partial charge in [0.1, 0.15) is 6.61 Å². The number of esters is 1. The quantitative estimate of drug-likeness (QED) is 0.146. The van der Waals surface area contributed by atoms with Gasteiger partial charge in [0.25, 0.3) is 15.9 Å². The van der Waals surface area contributed by atoms with Gasteiger partial charge in [-0.3, -0.25) is 24.2 Å². The molecule has 1 fully saturated rings. The van der Waals surface area contributed by atoms with Crippen LogP contribution >= 0.6 is 0 Å². The highest BCUT2D eigenvalue weighted by atomic mass is 32.2. The number of imide groups is 1. The van der Waals surface area contributed by atoms with E-state index in [9.17, 15) is 27.6 Å². The predicted molar refractivity (Wildman–Crippen MR) is 175 cm³/mol. The summed E-state index contributed by atoms with van der Waals surface area (Å²) >= 11 is 0. The molecule has 1 aromatic carbocycles. The number of nitrogens with zero attached hydrogens (tertiary/aromatic N) is 2. The lowest BCUT2D eigenvalue weighted by Crippen LogP contribution is -2.41. The van der Waals surface area contributed by atoms with E-state index in [1.807, 2.05) is 13.8 Å². The number of carbonyl (C=O) groups is 4. The fourth-order valence-corrected chi connectivity index (χ4v) is 6.86. The van der Waals surface area contributed by atoms with Gasteiger partial charge in [-0.05, 0) is 67.9 Å². The Hall–Kier alpha value is -3.60. The number of sulfonamides is 1. The number of ether oxygens (including phenoxy) is 1. The van der Waals surface area contributed by atoms with Gasteiger partial charge in [-0.2, -0.15) is 4.31 Å². The molecule has 0 aliphatic heterocycles. The fraction of sp³-hybridized carbons (Fsp3) is 0.571. The standard InChI is InChI=1S/C35H49N3O7S/c1-3-5-8-14-33(40)38(35(42)29-18-19-30(37-25-29)26-45-34(41)15-9-6-4-2)46(43,44)31-20-16-27(17-21-31)22-23-36-32(39)24-28-12-10-7-11-13-28/h16-21,25,28H,3-15,22-24,26H2,1-2H3,(H,36,39). The normalized spacial score (nSPS) is 13.6. The van der Waals surface area contributed by atoms with Crippen LogP contribution in [0.3, 0.4) is 0 Å². The lowest BCUT2D eigenvalue weighted by molar-refractivity contribution is -0.145. The number of rotatable bonds is 18. The zero-order valence-electron chi connectivity index (χ0n) is 27.3. The summed E-state index contributed by atoms with van der Waals surface area (Å²) in [7, 11) is -4.53. The molecular formula is C35H49N3O7S. The number of amides is 3. The molecule has 0 atom stereocenters. The molecule has 0 saturated heterocycles. The van der Waals surface area contributed by atoms with Crippen LogP contribution < -0.4 is 5.32 Å². The molecule has 0 unspecified atom stereocenters. The molecule has 0 spiro atoms. The fourth-order valence-electron chi connectivity index (χ4n) is 5.49. The first kappa shape index (κ1) is 36.9. The van der Waals surface area contributed by atoms with E-state index in [0.29, 0.717) is 54.6 Å². The third kappa shape index (κ3) is 11.6. The second-order valence-electron chi connectivity index (χ2n) is 12.0. The molecule has 3 amide bonds. The maximum atomic E-state index is 13.7. The molecule has 46 heavy (non-hydrogen) atoms. The van der Waals surface area contributed by atoms with Crippen molar-refractivity contribution in [2.24, 2.45) is 5.92 Å². The summed E-state index contributed by atoms with van der Waals surface area (Å²) in [5.74, 6) is -1.66. The van der Waals surface area contributed by atoms with Crippen molar-refractivity contribution in [2.45, 2.75) is 122 Å². The monoisotopic (exact) mass is 655 g/mol. The van der Waals surface area contributed by atoms with E-state index in [2.05, 4.69) is 10.3 Å². The SMILES string of the molecule is CCCCCC(=O)OCc1ccc(C(=O)N(C(=O)CCCCC)S(=O)(=O)c2ccc(CCNC(=O)CC3CCCCC3)cc2)cn1. The molecule has 3 rings (SSSR count). The van der Waals surface area contributed by atoms with E-state index in [4.69, 9.17) is 4.74 Å².